The summed E-state index contributed by atoms with van der Waals surface area (Å²) in [5.41, 5.74) is 0. The van der Waals surface area contributed by atoms with Crippen LogP contribution in [0, 0.1) is 11.7 Å². The first-order valence-corrected chi connectivity index (χ1v) is 7.47. The topological polar surface area (TPSA) is 74.7 Å². The molecule has 0 spiro atoms. The van der Waals surface area contributed by atoms with Crippen LogP contribution in [0.3, 0.4) is 0 Å². The molecule has 116 valence electrons. The van der Waals surface area contributed by atoms with E-state index < -0.39 is 40.2 Å². The van der Waals surface area contributed by atoms with Crippen molar-refractivity contribution in [1.82, 2.24) is 4.31 Å². The zero-order valence-electron chi connectivity index (χ0n) is 10.6. The number of hydrogen-bond acceptors (Lipinski definition) is 3. The van der Waals surface area contributed by atoms with Gasteiger partial charge in [-0.25, -0.2) is 21.6 Å². The maximum absolute atomic E-state index is 12.8. The first-order chi connectivity index (χ1) is 9.75. The highest BCUT2D eigenvalue weighted by Gasteiger charge is 2.49. The third-order valence-corrected chi connectivity index (χ3v) is 5.29. The van der Waals surface area contributed by atoms with E-state index in [-0.39, 0.29) is 17.9 Å². The van der Waals surface area contributed by atoms with Crippen molar-refractivity contribution in [3.05, 3.63) is 30.1 Å². The molecule has 1 heterocycles. The van der Waals surface area contributed by atoms with Crippen LogP contribution in [0.2, 0.25) is 0 Å². The lowest BCUT2D eigenvalue weighted by atomic mass is 10.0. The van der Waals surface area contributed by atoms with Gasteiger partial charge in [-0.15, -0.1) is 0 Å². The molecule has 0 bridgehead atoms. The van der Waals surface area contributed by atoms with E-state index in [4.69, 9.17) is 5.11 Å². The third kappa shape index (κ3) is 2.88. The quantitative estimate of drug-likeness (QED) is 0.912. The second kappa shape index (κ2) is 5.64. The van der Waals surface area contributed by atoms with Crippen molar-refractivity contribution in [2.75, 3.05) is 6.54 Å². The van der Waals surface area contributed by atoms with Gasteiger partial charge >= 0.3 is 5.97 Å². The van der Waals surface area contributed by atoms with Crippen molar-refractivity contribution < 1.29 is 31.5 Å². The van der Waals surface area contributed by atoms with Gasteiger partial charge in [-0.1, -0.05) is 0 Å². The average molecular weight is 323 g/mol. The Labute approximate surface area is 119 Å². The molecule has 0 amide bonds. The number of rotatable bonds is 4. The van der Waals surface area contributed by atoms with Crippen molar-refractivity contribution in [3.63, 3.8) is 0 Å². The van der Waals surface area contributed by atoms with Crippen LogP contribution < -0.4 is 0 Å². The summed E-state index contributed by atoms with van der Waals surface area (Å²) >= 11 is 0. The number of sulfonamides is 1. The zero-order valence-corrected chi connectivity index (χ0v) is 11.4. The number of carboxylic acids is 1. The van der Waals surface area contributed by atoms with Gasteiger partial charge in [0.25, 0.3) is 0 Å². The molecule has 1 aromatic carbocycles. The molecule has 1 aromatic rings. The smallest absolute Gasteiger partial charge is 0.322 e. The van der Waals surface area contributed by atoms with Crippen molar-refractivity contribution >= 4 is 16.0 Å². The van der Waals surface area contributed by atoms with Crippen LogP contribution in [0.5, 0.6) is 0 Å². The highest BCUT2D eigenvalue weighted by atomic mass is 32.2. The van der Waals surface area contributed by atoms with Crippen molar-refractivity contribution in [2.24, 2.45) is 5.92 Å². The molecule has 1 N–H and O–H groups in total. The molecule has 2 rings (SSSR count). The number of alkyl halides is 2. The standard InChI is InChI=1S/C12H12F3NO4S/c13-7-1-3-8(4-2-7)21(19,20)16-6-5-9(11(14)15)10(16)12(17)18/h1-4,9-11H,5-6H2,(H,17,18)/t9-,10-/m0/s1. The molecular formula is C12H12F3NO4S. The van der Waals surface area contributed by atoms with Crippen LogP contribution >= 0.6 is 0 Å². The third-order valence-electron chi connectivity index (χ3n) is 3.40. The van der Waals surface area contributed by atoms with Crippen LogP contribution in [0.15, 0.2) is 29.2 Å². The summed E-state index contributed by atoms with van der Waals surface area (Å²) in [5.74, 6) is -3.84. The van der Waals surface area contributed by atoms with Gasteiger partial charge in [0.15, 0.2) is 0 Å². The van der Waals surface area contributed by atoms with Gasteiger partial charge < -0.3 is 5.11 Å². The van der Waals surface area contributed by atoms with E-state index in [0.717, 1.165) is 24.3 Å². The van der Waals surface area contributed by atoms with E-state index in [1.54, 1.807) is 0 Å². The summed E-state index contributed by atoms with van der Waals surface area (Å²) in [5, 5.41) is 9.06. The monoisotopic (exact) mass is 323 g/mol. The molecule has 0 radical (unpaired) electrons. The molecule has 1 aliphatic rings. The van der Waals surface area contributed by atoms with Gasteiger partial charge in [-0.2, -0.15) is 4.31 Å². The van der Waals surface area contributed by atoms with Gasteiger partial charge in [-0.05, 0) is 30.7 Å². The maximum Gasteiger partial charge on any atom is 0.322 e. The highest BCUT2D eigenvalue weighted by Crippen LogP contribution is 2.34. The van der Waals surface area contributed by atoms with Crippen LogP contribution in [0.4, 0.5) is 13.2 Å². The lowest BCUT2D eigenvalue weighted by Gasteiger charge is -2.23. The Morgan fingerprint density at radius 1 is 1.29 bits per heavy atom. The molecule has 5 nitrogen and oxygen atoms in total. The Morgan fingerprint density at radius 2 is 1.86 bits per heavy atom. The van der Waals surface area contributed by atoms with Crippen LogP contribution in [-0.4, -0.2) is 42.8 Å². The second-order valence-corrected chi connectivity index (χ2v) is 6.53. The lowest BCUT2D eigenvalue weighted by Crippen LogP contribution is -2.44. The molecule has 21 heavy (non-hydrogen) atoms. The fourth-order valence-electron chi connectivity index (χ4n) is 2.37. The van der Waals surface area contributed by atoms with Crippen molar-refractivity contribution in [3.8, 4) is 0 Å². The minimum atomic E-state index is -4.26. The number of carboxylic acid groups (broad SMARTS) is 1. The zero-order chi connectivity index (χ0) is 15.8. The maximum atomic E-state index is 12.8. The molecule has 1 aliphatic heterocycles. The van der Waals surface area contributed by atoms with Gasteiger partial charge in [0.05, 0.1) is 4.90 Å². The van der Waals surface area contributed by atoms with E-state index >= 15 is 0 Å². The average Bonchev–Trinajstić information content (AvgIpc) is 2.84. The summed E-state index contributed by atoms with van der Waals surface area (Å²) < 4.78 is 63.7. The Hall–Kier alpha value is -1.61. The number of hydrogen-bond donors (Lipinski definition) is 1. The molecular weight excluding hydrogens is 311 g/mol. The summed E-state index contributed by atoms with van der Waals surface area (Å²) in [6.07, 6.45) is -3.17. The number of benzene rings is 1. The second-order valence-electron chi connectivity index (χ2n) is 4.64. The predicted octanol–water partition coefficient (Wildman–Crippen LogP) is 1.55. The Balaban J connectivity index is 2.39. The fraction of sp³-hybridized carbons (Fsp3) is 0.417. The molecule has 9 heteroatoms. The Bertz CT molecular complexity index is 632. The number of aliphatic carboxylic acids is 1. The number of halogens is 3. The van der Waals surface area contributed by atoms with E-state index in [1.165, 1.54) is 0 Å². The van der Waals surface area contributed by atoms with Crippen LogP contribution in [-0.2, 0) is 14.8 Å². The van der Waals surface area contributed by atoms with Gasteiger partial charge in [0.1, 0.15) is 11.9 Å². The molecule has 0 unspecified atom stereocenters. The molecule has 2 atom stereocenters. The number of carbonyl (C=O) groups is 1. The van der Waals surface area contributed by atoms with Crippen LogP contribution in [0.25, 0.3) is 0 Å². The predicted molar refractivity (Wildman–Crippen MR) is 65.8 cm³/mol. The van der Waals surface area contributed by atoms with E-state index in [9.17, 15) is 26.4 Å². The van der Waals surface area contributed by atoms with E-state index in [2.05, 4.69) is 0 Å². The van der Waals surface area contributed by atoms with Gasteiger partial charge in [0.2, 0.25) is 16.4 Å². The largest absolute Gasteiger partial charge is 0.480 e. The lowest BCUT2D eigenvalue weighted by molar-refractivity contribution is -0.143. The Kier molecular flexibility index (Phi) is 4.24. The van der Waals surface area contributed by atoms with Crippen molar-refractivity contribution in [2.45, 2.75) is 23.8 Å². The van der Waals surface area contributed by atoms with Gasteiger partial charge in [0, 0.05) is 12.5 Å². The summed E-state index contributed by atoms with van der Waals surface area (Å²) in [6.45, 7) is -0.314. The normalized spacial score (nSPS) is 23.6. The van der Waals surface area contributed by atoms with Crippen molar-refractivity contribution in [1.29, 1.82) is 0 Å². The molecule has 0 saturated carbocycles. The summed E-state index contributed by atoms with van der Waals surface area (Å²) in [7, 11) is -4.26. The van der Waals surface area contributed by atoms with Gasteiger partial charge in [-0.3, -0.25) is 4.79 Å². The molecule has 0 aromatic heterocycles. The molecule has 1 fully saturated rings. The first-order valence-electron chi connectivity index (χ1n) is 6.03. The molecule has 0 aliphatic carbocycles. The fourth-order valence-corrected chi connectivity index (χ4v) is 4.01. The number of nitrogens with zero attached hydrogens (tertiary/aromatic N) is 1. The molecule has 1 saturated heterocycles. The first kappa shape index (κ1) is 15.8. The minimum Gasteiger partial charge on any atom is -0.480 e. The van der Waals surface area contributed by atoms with Crippen LogP contribution in [0.1, 0.15) is 6.42 Å². The highest BCUT2D eigenvalue weighted by molar-refractivity contribution is 7.89. The van der Waals surface area contributed by atoms with E-state index in [0.29, 0.717) is 4.31 Å². The van der Waals surface area contributed by atoms with E-state index in [1.807, 2.05) is 0 Å². The summed E-state index contributed by atoms with van der Waals surface area (Å²) in [4.78, 5) is 10.8. The SMILES string of the molecule is O=C(O)[C@@H]1[C@@H](C(F)F)CCN1S(=O)(=O)c1ccc(F)cc1. The summed E-state index contributed by atoms with van der Waals surface area (Å²) in [6, 6.07) is 1.94. The Morgan fingerprint density at radius 3 is 2.33 bits per heavy atom. The minimum absolute atomic E-state index is 0.241.